The maximum Gasteiger partial charge on any atom is 0.256 e. The summed E-state index contributed by atoms with van der Waals surface area (Å²) in [5.74, 6) is -2.13. The molecule has 0 aliphatic carbocycles. The van der Waals surface area contributed by atoms with Crippen LogP contribution in [0, 0.1) is 18.6 Å². The lowest BCUT2D eigenvalue weighted by Gasteiger charge is -2.18. The average Bonchev–Trinajstić information content (AvgIpc) is 2.96. The summed E-state index contributed by atoms with van der Waals surface area (Å²) in [6.07, 6.45) is 0.783. The van der Waals surface area contributed by atoms with Gasteiger partial charge in [-0.15, -0.1) is 0 Å². The summed E-state index contributed by atoms with van der Waals surface area (Å²) in [6.45, 7) is 8.38. The van der Waals surface area contributed by atoms with Gasteiger partial charge in [-0.25, -0.2) is 18.2 Å². The third kappa shape index (κ3) is 6.57. The Morgan fingerprint density at radius 1 is 1.00 bits per heavy atom. The number of aryl methyl sites for hydroxylation is 1. The second kappa shape index (κ2) is 13.4. The smallest absolute Gasteiger partial charge is 0.256 e. The molecule has 0 saturated heterocycles. The van der Waals surface area contributed by atoms with Gasteiger partial charge >= 0.3 is 0 Å². The number of nitrogens with zero attached hydrogens (tertiary/aromatic N) is 4. The molecule has 4 aromatic rings. The Kier molecular flexibility index (Phi) is 9.72. The number of nitrogens with one attached hydrogen (secondary N) is 2. The van der Waals surface area contributed by atoms with Gasteiger partial charge in [0.1, 0.15) is 24.0 Å². The first kappa shape index (κ1) is 29.7. The van der Waals surface area contributed by atoms with Gasteiger partial charge in [-0.3, -0.25) is 14.2 Å². The topological polar surface area (TPSA) is 92.2 Å². The molecule has 0 unspecified atom stereocenters. The third-order valence-electron chi connectivity index (χ3n) is 6.88. The Labute approximate surface area is 236 Å². The van der Waals surface area contributed by atoms with Gasteiger partial charge in [0.05, 0.1) is 5.69 Å². The maximum absolute atomic E-state index is 14.9. The molecule has 0 aliphatic rings. The molecule has 4 rings (SSSR count). The largest absolute Gasteiger partial charge is 0.354 e. The number of hydrogen-bond acceptors (Lipinski definition) is 6. The zero-order valence-electron chi connectivity index (χ0n) is 23.3. The van der Waals surface area contributed by atoms with E-state index in [1.54, 1.807) is 18.2 Å². The van der Waals surface area contributed by atoms with Crippen molar-refractivity contribution in [2.45, 2.75) is 27.2 Å². The van der Waals surface area contributed by atoms with Gasteiger partial charge < -0.3 is 15.5 Å². The van der Waals surface area contributed by atoms with Crippen molar-refractivity contribution in [1.82, 2.24) is 24.8 Å². The van der Waals surface area contributed by atoms with Gasteiger partial charge in [0, 0.05) is 35.7 Å². The molecule has 2 aromatic heterocycles. The Morgan fingerprint density at radius 3 is 2.41 bits per heavy atom. The number of fused-ring (bicyclic) bond motifs is 1. The highest BCUT2D eigenvalue weighted by atomic mass is 19.1. The summed E-state index contributed by atoms with van der Waals surface area (Å²) < 4.78 is 43.4. The van der Waals surface area contributed by atoms with Gasteiger partial charge in [0.15, 0.2) is 5.65 Å². The SMILES string of the molecule is CCN(CC)CCCNc1nc(-c2cc(C(=O)NCCF)ccc2C)c2ccc(=O)n(-c3c(F)cccc3F)c2n1. The van der Waals surface area contributed by atoms with Crippen LogP contribution in [0.4, 0.5) is 19.1 Å². The number of hydrogen-bond donors (Lipinski definition) is 2. The first-order valence-electron chi connectivity index (χ1n) is 13.6. The first-order valence-corrected chi connectivity index (χ1v) is 13.6. The van der Waals surface area contributed by atoms with E-state index >= 15 is 0 Å². The van der Waals surface area contributed by atoms with Crippen molar-refractivity contribution in [1.29, 1.82) is 0 Å². The van der Waals surface area contributed by atoms with Crippen molar-refractivity contribution < 1.29 is 18.0 Å². The lowest BCUT2D eigenvalue weighted by Crippen LogP contribution is -2.26. The van der Waals surface area contributed by atoms with E-state index in [4.69, 9.17) is 4.98 Å². The average molecular weight is 567 g/mol. The van der Waals surface area contributed by atoms with Crippen LogP contribution < -0.4 is 16.2 Å². The molecule has 216 valence electrons. The number of carbonyl (C=O) groups is 1. The van der Waals surface area contributed by atoms with Crippen LogP contribution in [0.1, 0.15) is 36.2 Å². The number of amides is 1. The molecule has 0 bridgehead atoms. The number of alkyl halides is 1. The number of carbonyl (C=O) groups excluding carboxylic acids is 1. The molecule has 8 nitrogen and oxygen atoms in total. The Morgan fingerprint density at radius 2 is 1.73 bits per heavy atom. The van der Waals surface area contributed by atoms with Gasteiger partial charge in [-0.2, -0.15) is 4.98 Å². The molecule has 0 spiro atoms. The van der Waals surface area contributed by atoms with Crippen molar-refractivity contribution in [3.8, 4) is 16.9 Å². The lowest BCUT2D eigenvalue weighted by atomic mass is 9.99. The summed E-state index contributed by atoms with van der Waals surface area (Å²) in [4.78, 5) is 37.2. The van der Waals surface area contributed by atoms with Gasteiger partial charge in [-0.05, 0) is 68.9 Å². The van der Waals surface area contributed by atoms with Crippen LogP contribution in [0.3, 0.4) is 0 Å². The minimum absolute atomic E-state index is 0.00410. The monoisotopic (exact) mass is 566 g/mol. The first-order chi connectivity index (χ1) is 19.8. The fourth-order valence-corrected chi connectivity index (χ4v) is 4.64. The standard InChI is InChI=1S/C30H33F3N6O2/c1-4-38(5-2)17-7-15-35-30-36-26(22-18-20(11-10-19(22)3)29(41)34-16-14-31)21-12-13-25(40)39(28(21)37-30)27-23(32)8-6-9-24(27)33/h6,8-13,18H,4-5,7,14-17H2,1-3H3,(H,34,41)(H,35,36,37). The number of benzene rings is 2. The molecular formula is C30H33F3N6O2. The highest BCUT2D eigenvalue weighted by Crippen LogP contribution is 2.31. The van der Waals surface area contributed by atoms with E-state index in [0.29, 0.717) is 23.2 Å². The zero-order valence-corrected chi connectivity index (χ0v) is 23.3. The summed E-state index contributed by atoms with van der Waals surface area (Å²) in [6, 6.07) is 11.0. The summed E-state index contributed by atoms with van der Waals surface area (Å²) in [5.41, 5.74) is 0.748. The summed E-state index contributed by atoms with van der Waals surface area (Å²) in [7, 11) is 0. The quantitative estimate of drug-likeness (QED) is 0.238. The van der Waals surface area contributed by atoms with Crippen LogP contribution in [-0.4, -0.2) is 64.7 Å². The number of pyridine rings is 1. The van der Waals surface area contributed by atoms with E-state index in [-0.39, 0.29) is 23.7 Å². The fourth-order valence-electron chi connectivity index (χ4n) is 4.64. The van der Waals surface area contributed by atoms with Crippen molar-refractivity contribution in [3.05, 3.63) is 81.6 Å². The molecule has 2 heterocycles. The normalized spacial score (nSPS) is 11.3. The second-order valence-electron chi connectivity index (χ2n) is 9.49. The van der Waals surface area contributed by atoms with Crippen molar-refractivity contribution in [2.24, 2.45) is 0 Å². The van der Waals surface area contributed by atoms with Crippen molar-refractivity contribution in [3.63, 3.8) is 0 Å². The number of rotatable bonds is 12. The van der Waals surface area contributed by atoms with Crippen LogP contribution in [0.2, 0.25) is 0 Å². The van der Waals surface area contributed by atoms with Crippen molar-refractivity contribution in [2.75, 3.05) is 44.7 Å². The van der Waals surface area contributed by atoms with E-state index in [1.165, 1.54) is 18.2 Å². The van der Waals surface area contributed by atoms with Crippen LogP contribution in [-0.2, 0) is 0 Å². The van der Waals surface area contributed by atoms with Gasteiger partial charge in [-0.1, -0.05) is 26.0 Å². The highest BCUT2D eigenvalue weighted by molar-refractivity contribution is 5.98. The summed E-state index contributed by atoms with van der Waals surface area (Å²) in [5, 5.41) is 6.05. The van der Waals surface area contributed by atoms with E-state index in [1.807, 2.05) is 6.92 Å². The highest BCUT2D eigenvalue weighted by Gasteiger charge is 2.21. The van der Waals surface area contributed by atoms with Gasteiger partial charge in [0.2, 0.25) is 5.95 Å². The van der Waals surface area contributed by atoms with Crippen molar-refractivity contribution >= 4 is 22.9 Å². The minimum Gasteiger partial charge on any atom is -0.354 e. The van der Waals surface area contributed by atoms with Gasteiger partial charge in [0.25, 0.3) is 11.5 Å². The third-order valence-corrected chi connectivity index (χ3v) is 6.88. The van der Waals surface area contributed by atoms with Crippen LogP contribution in [0.5, 0.6) is 0 Å². The van der Waals surface area contributed by atoms with E-state index < -0.39 is 35.5 Å². The number of anilines is 1. The zero-order chi connectivity index (χ0) is 29.5. The molecule has 0 saturated carbocycles. The molecule has 0 aliphatic heterocycles. The molecule has 41 heavy (non-hydrogen) atoms. The van der Waals surface area contributed by atoms with Crippen LogP contribution in [0.25, 0.3) is 28.0 Å². The van der Waals surface area contributed by atoms with Crippen LogP contribution >= 0.6 is 0 Å². The molecular weight excluding hydrogens is 533 g/mol. The van der Waals surface area contributed by atoms with E-state index in [0.717, 1.165) is 48.3 Å². The molecule has 2 N–H and O–H groups in total. The molecule has 11 heteroatoms. The molecule has 0 fully saturated rings. The molecule has 1 amide bonds. The molecule has 2 aromatic carbocycles. The predicted octanol–water partition coefficient (Wildman–Crippen LogP) is 4.88. The lowest BCUT2D eigenvalue weighted by molar-refractivity contribution is 0.0951. The summed E-state index contributed by atoms with van der Waals surface area (Å²) >= 11 is 0. The Balaban J connectivity index is 1.90. The van der Waals surface area contributed by atoms with E-state index in [2.05, 4.69) is 34.4 Å². The number of aromatic nitrogens is 3. The fraction of sp³-hybridized carbons (Fsp3) is 0.333. The predicted molar refractivity (Wildman–Crippen MR) is 154 cm³/mol. The molecule has 0 atom stereocenters. The maximum atomic E-state index is 14.9. The molecule has 0 radical (unpaired) electrons. The van der Waals surface area contributed by atoms with Crippen LogP contribution in [0.15, 0.2) is 53.3 Å². The second-order valence-corrected chi connectivity index (χ2v) is 9.49. The number of para-hydroxylation sites is 1. The Hall–Kier alpha value is -4.25. The minimum atomic E-state index is -0.920. The Bertz CT molecular complexity index is 1580. The van der Waals surface area contributed by atoms with E-state index in [9.17, 15) is 22.8 Å². The number of halogens is 3.